The highest BCUT2D eigenvalue weighted by atomic mass is 79.9. The number of halogens is 4. The summed E-state index contributed by atoms with van der Waals surface area (Å²) in [6.45, 7) is -0.422. The number of hydrogen-bond acceptors (Lipinski definition) is 2. The number of hydrogen-bond donors (Lipinski definition) is 1. The average molecular weight is 328 g/mol. The second kappa shape index (κ2) is 5.68. The third kappa shape index (κ3) is 4.91. The van der Waals surface area contributed by atoms with E-state index in [2.05, 4.69) is 15.9 Å². The maximum absolute atomic E-state index is 11.9. The largest absolute Gasteiger partial charge is 0.492 e. The second-order valence-electron chi connectivity index (χ2n) is 3.22. The molecule has 0 bridgehead atoms. The number of nitrogens with two attached hydrogens (primary N) is 1. The van der Waals surface area contributed by atoms with E-state index in [0.717, 1.165) is 0 Å². The van der Waals surface area contributed by atoms with Gasteiger partial charge in [-0.2, -0.15) is 13.2 Å². The predicted octanol–water partition coefficient (Wildman–Crippen LogP) is 3.41. The van der Waals surface area contributed by atoms with Crippen LogP contribution in [-0.4, -0.2) is 17.8 Å². The highest BCUT2D eigenvalue weighted by Gasteiger charge is 2.26. The molecule has 7 heteroatoms. The first-order valence-electron chi connectivity index (χ1n) is 4.58. The van der Waals surface area contributed by atoms with Gasteiger partial charge in [0.15, 0.2) is 0 Å². The molecule has 0 unspecified atom stereocenters. The number of ether oxygens (including phenoxy) is 1. The van der Waals surface area contributed by atoms with Crippen molar-refractivity contribution in [2.45, 2.75) is 12.6 Å². The molecule has 0 amide bonds. The molecule has 0 aliphatic heterocycles. The molecule has 1 aromatic carbocycles. The van der Waals surface area contributed by atoms with Gasteiger partial charge < -0.3 is 10.5 Å². The molecule has 0 saturated heterocycles. The van der Waals surface area contributed by atoms with Crippen LogP contribution < -0.4 is 10.5 Å². The van der Waals surface area contributed by atoms with Gasteiger partial charge in [-0.25, -0.2) is 0 Å². The molecule has 0 aliphatic rings. The maximum Gasteiger partial charge on any atom is 0.392 e. The van der Waals surface area contributed by atoms with Gasteiger partial charge in [0.05, 0.1) is 17.5 Å². The molecule has 0 aromatic heterocycles. The quantitative estimate of drug-likeness (QED) is 0.861. The van der Waals surface area contributed by atoms with E-state index < -0.39 is 19.2 Å². The van der Waals surface area contributed by atoms with Crippen LogP contribution in [-0.2, 0) is 0 Å². The van der Waals surface area contributed by atoms with Crippen LogP contribution in [0.3, 0.4) is 0 Å². The molecule has 0 saturated carbocycles. The van der Waals surface area contributed by atoms with Crippen LogP contribution in [0.25, 0.3) is 0 Å². The topological polar surface area (TPSA) is 35.2 Å². The molecule has 94 valence electrons. The Hall–Kier alpha value is -0.820. The van der Waals surface area contributed by atoms with Crippen LogP contribution in [0.2, 0.25) is 0 Å². The molecular weight excluding hydrogens is 319 g/mol. The van der Waals surface area contributed by atoms with Crippen molar-refractivity contribution >= 4 is 33.1 Å². The summed E-state index contributed by atoms with van der Waals surface area (Å²) in [4.78, 5) is 0.215. The Morgan fingerprint density at radius 2 is 2.06 bits per heavy atom. The maximum atomic E-state index is 11.9. The van der Waals surface area contributed by atoms with Gasteiger partial charge in [-0.05, 0) is 34.1 Å². The van der Waals surface area contributed by atoms with E-state index in [1.807, 2.05) is 0 Å². The zero-order chi connectivity index (χ0) is 13.1. The zero-order valence-corrected chi connectivity index (χ0v) is 11.0. The smallest absolute Gasteiger partial charge is 0.392 e. The zero-order valence-electron chi connectivity index (χ0n) is 8.55. The summed E-state index contributed by atoms with van der Waals surface area (Å²) in [7, 11) is 0. The van der Waals surface area contributed by atoms with E-state index in [1.165, 1.54) is 6.07 Å². The van der Waals surface area contributed by atoms with Gasteiger partial charge >= 0.3 is 6.18 Å². The van der Waals surface area contributed by atoms with E-state index in [-0.39, 0.29) is 4.99 Å². The lowest BCUT2D eigenvalue weighted by molar-refractivity contribution is -0.139. The van der Waals surface area contributed by atoms with Gasteiger partial charge in [0.2, 0.25) is 0 Å². The Balaban J connectivity index is 2.64. The van der Waals surface area contributed by atoms with E-state index in [0.29, 0.717) is 15.8 Å². The van der Waals surface area contributed by atoms with Crippen LogP contribution >= 0.6 is 28.1 Å². The lowest BCUT2D eigenvalue weighted by atomic mass is 10.2. The lowest BCUT2D eigenvalue weighted by Crippen LogP contribution is -2.13. The molecular formula is C10H9BrF3NOS. The van der Waals surface area contributed by atoms with Gasteiger partial charge in [-0.1, -0.05) is 12.2 Å². The number of benzene rings is 1. The number of rotatable bonds is 4. The monoisotopic (exact) mass is 327 g/mol. The molecule has 0 atom stereocenters. The Labute approximate surface area is 110 Å². The fraction of sp³-hybridized carbons (Fsp3) is 0.300. The second-order valence-corrected chi connectivity index (χ2v) is 4.52. The highest BCUT2D eigenvalue weighted by Crippen LogP contribution is 2.27. The fourth-order valence-corrected chi connectivity index (χ4v) is 1.67. The Bertz CT molecular complexity index is 423. The summed E-state index contributed by atoms with van der Waals surface area (Å²) in [6, 6.07) is 4.72. The van der Waals surface area contributed by atoms with Gasteiger partial charge in [-0.15, -0.1) is 0 Å². The SMILES string of the molecule is NC(=S)c1ccc(OCCC(F)(F)F)c(Br)c1. The Kier molecular flexibility index (Phi) is 4.76. The molecule has 1 rings (SSSR count). The first-order chi connectivity index (χ1) is 7.79. The lowest BCUT2D eigenvalue weighted by Gasteiger charge is -2.10. The summed E-state index contributed by atoms with van der Waals surface area (Å²) >= 11 is 7.94. The molecule has 0 fully saturated rings. The molecule has 0 radical (unpaired) electrons. The minimum Gasteiger partial charge on any atom is -0.492 e. The van der Waals surface area contributed by atoms with Crippen molar-refractivity contribution < 1.29 is 17.9 Å². The summed E-state index contributed by atoms with van der Waals surface area (Å²) < 4.78 is 41.2. The van der Waals surface area contributed by atoms with Crippen LogP contribution in [0.5, 0.6) is 5.75 Å². The van der Waals surface area contributed by atoms with E-state index >= 15 is 0 Å². The van der Waals surface area contributed by atoms with Crippen molar-refractivity contribution in [2.24, 2.45) is 5.73 Å². The first-order valence-corrected chi connectivity index (χ1v) is 5.78. The third-order valence-corrected chi connectivity index (χ3v) is 2.71. The van der Waals surface area contributed by atoms with Crippen molar-refractivity contribution in [3.63, 3.8) is 0 Å². The molecule has 0 spiro atoms. The van der Waals surface area contributed by atoms with Gasteiger partial charge in [0, 0.05) is 5.56 Å². The van der Waals surface area contributed by atoms with Gasteiger partial charge in [-0.3, -0.25) is 0 Å². The predicted molar refractivity (Wildman–Crippen MR) is 66.2 cm³/mol. The standard InChI is InChI=1S/C10H9BrF3NOS/c11-7-5-6(9(15)17)1-2-8(7)16-4-3-10(12,13)14/h1-2,5H,3-4H2,(H2,15,17). The van der Waals surface area contributed by atoms with E-state index in [1.54, 1.807) is 12.1 Å². The van der Waals surface area contributed by atoms with Crippen molar-refractivity contribution in [3.05, 3.63) is 28.2 Å². The fourth-order valence-electron chi connectivity index (χ4n) is 1.05. The minimum atomic E-state index is -4.22. The molecule has 0 aliphatic carbocycles. The molecule has 2 N–H and O–H groups in total. The highest BCUT2D eigenvalue weighted by molar-refractivity contribution is 9.10. The van der Waals surface area contributed by atoms with Crippen molar-refractivity contribution in [2.75, 3.05) is 6.61 Å². The van der Waals surface area contributed by atoms with Crippen LogP contribution in [0, 0.1) is 0 Å². The summed E-state index contributed by atoms with van der Waals surface area (Å²) in [5.74, 6) is 0.328. The number of thiocarbonyl (C=S) groups is 1. The Morgan fingerprint density at radius 1 is 1.41 bits per heavy atom. The molecule has 0 heterocycles. The van der Waals surface area contributed by atoms with Crippen LogP contribution in [0.1, 0.15) is 12.0 Å². The van der Waals surface area contributed by atoms with Gasteiger partial charge in [0.1, 0.15) is 10.7 Å². The van der Waals surface area contributed by atoms with Crippen molar-refractivity contribution in [1.29, 1.82) is 0 Å². The van der Waals surface area contributed by atoms with E-state index in [4.69, 9.17) is 22.7 Å². The normalized spacial score (nSPS) is 11.3. The minimum absolute atomic E-state index is 0.215. The van der Waals surface area contributed by atoms with E-state index in [9.17, 15) is 13.2 Å². The van der Waals surface area contributed by atoms with Crippen LogP contribution in [0.15, 0.2) is 22.7 Å². The summed E-state index contributed by atoms with van der Waals surface area (Å²) in [5, 5.41) is 0. The average Bonchev–Trinajstić information content (AvgIpc) is 2.18. The van der Waals surface area contributed by atoms with Crippen molar-refractivity contribution in [3.8, 4) is 5.75 Å². The Morgan fingerprint density at radius 3 is 2.53 bits per heavy atom. The van der Waals surface area contributed by atoms with Crippen LogP contribution in [0.4, 0.5) is 13.2 Å². The molecule has 2 nitrogen and oxygen atoms in total. The number of alkyl halides is 3. The third-order valence-electron chi connectivity index (χ3n) is 1.86. The summed E-state index contributed by atoms with van der Waals surface area (Å²) in [6.07, 6.45) is -5.21. The first kappa shape index (κ1) is 14.2. The molecule has 17 heavy (non-hydrogen) atoms. The summed E-state index contributed by atoms with van der Waals surface area (Å²) in [5.41, 5.74) is 6.03. The van der Waals surface area contributed by atoms with Gasteiger partial charge in [0.25, 0.3) is 0 Å². The molecule has 1 aromatic rings. The van der Waals surface area contributed by atoms with Crippen molar-refractivity contribution in [1.82, 2.24) is 0 Å².